The summed E-state index contributed by atoms with van der Waals surface area (Å²) in [5, 5.41) is 23.3. The van der Waals surface area contributed by atoms with Crippen LogP contribution < -0.4 is 5.32 Å². The molecule has 4 nitrogen and oxygen atoms in total. The molecule has 0 saturated carbocycles. The van der Waals surface area contributed by atoms with E-state index in [4.69, 9.17) is 0 Å². The van der Waals surface area contributed by atoms with E-state index in [0.717, 1.165) is 32.1 Å². The van der Waals surface area contributed by atoms with Gasteiger partial charge in [0, 0.05) is 6.42 Å². The van der Waals surface area contributed by atoms with E-state index in [2.05, 4.69) is 43.5 Å². The molecule has 4 heteroatoms. The molecule has 392 valence electrons. The van der Waals surface area contributed by atoms with Gasteiger partial charge in [0.15, 0.2) is 0 Å². The van der Waals surface area contributed by atoms with Gasteiger partial charge >= 0.3 is 0 Å². The molecule has 66 heavy (non-hydrogen) atoms. The number of unbranched alkanes of at least 4 members (excludes halogenated alkanes) is 46. The van der Waals surface area contributed by atoms with Crippen LogP contribution in [0, 0.1) is 0 Å². The largest absolute Gasteiger partial charge is 0.394 e. The molecular weight excluding hydrogens is 807 g/mol. The quantitative estimate of drug-likeness (QED) is 0.0420. The van der Waals surface area contributed by atoms with Crippen LogP contribution in [0.25, 0.3) is 0 Å². The molecule has 0 aliphatic heterocycles. The third-order valence-electron chi connectivity index (χ3n) is 14.5. The van der Waals surface area contributed by atoms with E-state index in [1.807, 2.05) is 0 Å². The average molecular weight is 929 g/mol. The molecule has 0 spiro atoms. The van der Waals surface area contributed by atoms with Gasteiger partial charge in [-0.3, -0.25) is 4.79 Å². The lowest BCUT2D eigenvalue weighted by atomic mass is 10.0. The van der Waals surface area contributed by atoms with Crippen LogP contribution in [0.1, 0.15) is 348 Å². The van der Waals surface area contributed by atoms with Gasteiger partial charge in [-0.05, 0) is 44.9 Å². The Kier molecular flexibility index (Phi) is 57.2. The summed E-state index contributed by atoms with van der Waals surface area (Å²) in [5.41, 5.74) is 0. The molecule has 0 aliphatic rings. The Morgan fingerprint density at radius 2 is 0.621 bits per heavy atom. The highest BCUT2D eigenvalue weighted by molar-refractivity contribution is 5.76. The average Bonchev–Trinajstić information content (AvgIpc) is 3.32. The van der Waals surface area contributed by atoms with Crippen molar-refractivity contribution in [1.82, 2.24) is 5.32 Å². The summed E-state index contributed by atoms with van der Waals surface area (Å²) in [4.78, 5) is 12.5. The number of amides is 1. The molecule has 0 bridgehead atoms. The third kappa shape index (κ3) is 53.8. The van der Waals surface area contributed by atoms with Crippen LogP contribution in [0.4, 0.5) is 0 Å². The lowest BCUT2D eigenvalue weighted by molar-refractivity contribution is -0.123. The predicted molar refractivity (Wildman–Crippen MR) is 295 cm³/mol. The van der Waals surface area contributed by atoms with E-state index in [9.17, 15) is 15.0 Å². The maximum Gasteiger partial charge on any atom is 0.220 e. The maximum absolute atomic E-state index is 12.5. The van der Waals surface area contributed by atoms with E-state index in [0.29, 0.717) is 12.8 Å². The topological polar surface area (TPSA) is 69.6 Å². The second kappa shape index (κ2) is 58.2. The van der Waals surface area contributed by atoms with Crippen molar-refractivity contribution < 1.29 is 15.0 Å². The normalized spacial score (nSPS) is 12.8. The van der Waals surface area contributed by atoms with E-state index in [-0.39, 0.29) is 12.5 Å². The SMILES string of the molecule is CCCCCCC/C=C\C/C=C\CCCCCCCCCCCCCCCCCCCCCCCCCCCCCC(=O)NC(CO)C(O)CCCCCCCCCCCCCCCCC. The van der Waals surface area contributed by atoms with Gasteiger partial charge in [-0.1, -0.05) is 321 Å². The molecule has 0 aromatic carbocycles. The Morgan fingerprint density at radius 1 is 0.364 bits per heavy atom. The summed E-state index contributed by atoms with van der Waals surface area (Å²) < 4.78 is 0. The van der Waals surface area contributed by atoms with Crippen molar-refractivity contribution in [3.05, 3.63) is 24.3 Å². The number of nitrogens with one attached hydrogen (secondary N) is 1. The van der Waals surface area contributed by atoms with Crippen molar-refractivity contribution in [3.8, 4) is 0 Å². The van der Waals surface area contributed by atoms with Gasteiger partial charge < -0.3 is 15.5 Å². The Balaban J connectivity index is 3.35. The van der Waals surface area contributed by atoms with Crippen LogP contribution in [0.2, 0.25) is 0 Å². The van der Waals surface area contributed by atoms with Crippen LogP contribution in [0.3, 0.4) is 0 Å². The molecule has 0 fully saturated rings. The first-order chi connectivity index (χ1) is 32.7. The zero-order chi connectivity index (χ0) is 47.7. The minimum Gasteiger partial charge on any atom is -0.394 e. The number of carbonyl (C=O) groups is 1. The number of aliphatic hydroxyl groups is 2. The number of carbonyl (C=O) groups excluding carboxylic acids is 1. The fraction of sp³-hybridized carbons (Fsp3) is 0.919. The van der Waals surface area contributed by atoms with Gasteiger partial charge in [-0.15, -0.1) is 0 Å². The van der Waals surface area contributed by atoms with Crippen molar-refractivity contribution in [1.29, 1.82) is 0 Å². The molecular formula is C62H121NO3. The molecule has 0 aromatic heterocycles. The summed E-state index contributed by atoms with van der Waals surface area (Å²) in [5.74, 6) is -0.0239. The van der Waals surface area contributed by atoms with Gasteiger partial charge in [0.2, 0.25) is 5.91 Å². The standard InChI is InChI=1S/C62H121NO3/c1-3-5-7-9-11-13-15-17-19-20-21-22-23-24-25-26-27-28-29-30-31-32-33-34-35-36-37-38-39-40-41-42-44-46-48-50-52-54-56-58-62(66)63-60(59-64)61(65)57-55-53-51-49-47-45-43-18-16-14-12-10-8-6-4-2/h15,17,20-21,60-61,64-65H,3-14,16,18-19,22-59H2,1-2H3,(H,63,66)/b17-15-,21-20-. The minimum absolute atomic E-state index is 0.0239. The van der Waals surface area contributed by atoms with Crippen LogP contribution in [-0.4, -0.2) is 34.9 Å². The first-order valence-corrected chi connectivity index (χ1v) is 30.5. The summed E-state index contributed by atoms with van der Waals surface area (Å²) in [6.45, 7) is 4.38. The van der Waals surface area contributed by atoms with Gasteiger partial charge in [-0.2, -0.15) is 0 Å². The summed E-state index contributed by atoms with van der Waals surface area (Å²) in [6, 6.07) is -0.532. The molecule has 1 amide bonds. The Bertz CT molecular complexity index is 963. The highest BCUT2D eigenvalue weighted by atomic mass is 16.3. The second-order valence-corrected chi connectivity index (χ2v) is 21.1. The third-order valence-corrected chi connectivity index (χ3v) is 14.5. The van der Waals surface area contributed by atoms with E-state index in [1.54, 1.807) is 0 Å². The molecule has 2 atom stereocenters. The fourth-order valence-corrected chi connectivity index (χ4v) is 9.81. The Hall–Kier alpha value is -1.13. The van der Waals surface area contributed by atoms with Crippen molar-refractivity contribution in [2.24, 2.45) is 0 Å². The van der Waals surface area contributed by atoms with Crippen molar-refractivity contribution >= 4 is 5.91 Å². The van der Waals surface area contributed by atoms with E-state index >= 15 is 0 Å². The molecule has 2 unspecified atom stereocenters. The van der Waals surface area contributed by atoms with Crippen molar-refractivity contribution in [2.45, 2.75) is 360 Å². The van der Waals surface area contributed by atoms with Crippen LogP contribution in [-0.2, 0) is 4.79 Å². The van der Waals surface area contributed by atoms with Gasteiger partial charge in [-0.25, -0.2) is 0 Å². The summed E-state index contributed by atoms with van der Waals surface area (Å²) >= 11 is 0. The maximum atomic E-state index is 12.5. The van der Waals surface area contributed by atoms with Crippen LogP contribution in [0.15, 0.2) is 24.3 Å². The number of rotatable bonds is 57. The van der Waals surface area contributed by atoms with Gasteiger partial charge in [0.1, 0.15) is 0 Å². The van der Waals surface area contributed by atoms with Crippen LogP contribution in [0.5, 0.6) is 0 Å². The molecule has 0 heterocycles. The lowest BCUT2D eigenvalue weighted by Crippen LogP contribution is -2.45. The summed E-state index contributed by atoms with van der Waals surface area (Å²) in [6.07, 6.45) is 77.7. The number of hydrogen-bond donors (Lipinski definition) is 3. The number of hydrogen-bond acceptors (Lipinski definition) is 3. The number of allylic oxidation sites excluding steroid dienone is 4. The minimum atomic E-state index is -0.656. The van der Waals surface area contributed by atoms with Crippen molar-refractivity contribution in [2.75, 3.05) is 6.61 Å². The predicted octanol–water partition coefficient (Wildman–Crippen LogP) is 20.3. The van der Waals surface area contributed by atoms with Gasteiger partial charge in [0.05, 0.1) is 18.8 Å². The zero-order valence-corrected chi connectivity index (χ0v) is 45.2. The number of aliphatic hydroxyl groups excluding tert-OH is 2. The second-order valence-electron chi connectivity index (χ2n) is 21.1. The zero-order valence-electron chi connectivity index (χ0n) is 45.2. The molecule has 0 rings (SSSR count). The van der Waals surface area contributed by atoms with Crippen LogP contribution >= 0.6 is 0 Å². The summed E-state index contributed by atoms with van der Waals surface area (Å²) in [7, 11) is 0. The molecule has 0 saturated heterocycles. The first-order valence-electron chi connectivity index (χ1n) is 30.5. The van der Waals surface area contributed by atoms with Gasteiger partial charge in [0.25, 0.3) is 0 Å². The fourth-order valence-electron chi connectivity index (χ4n) is 9.81. The highest BCUT2D eigenvalue weighted by Gasteiger charge is 2.20. The first kappa shape index (κ1) is 64.9. The molecule has 0 aliphatic carbocycles. The van der Waals surface area contributed by atoms with Crippen molar-refractivity contribution in [3.63, 3.8) is 0 Å². The lowest BCUT2D eigenvalue weighted by Gasteiger charge is -2.22. The molecule has 3 N–H and O–H groups in total. The molecule has 0 aromatic rings. The smallest absolute Gasteiger partial charge is 0.220 e. The highest BCUT2D eigenvalue weighted by Crippen LogP contribution is 2.18. The Morgan fingerprint density at radius 3 is 0.909 bits per heavy atom. The molecule has 0 radical (unpaired) electrons. The Labute approximate surface area is 415 Å². The van der Waals surface area contributed by atoms with E-state index < -0.39 is 12.1 Å². The monoisotopic (exact) mass is 928 g/mol. The van der Waals surface area contributed by atoms with E-state index in [1.165, 1.54) is 289 Å².